The summed E-state index contributed by atoms with van der Waals surface area (Å²) in [6.45, 7) is 4.16. The van der Waals surface area contributed by atoms with Gasteiger partial charge >= 0.3 is 0 Å². The SMILES string of the molecule is Cc1cccc(Cn2cnc(C)c(Br)c2=O)n1. The van der Waals surface area contributed by atoms with E-state index in [0.717, 1.165) is 11.4 Å². The Morgan fingerprint density at radius 1 is 1.35 bits per heavy atom. The van der Waals surface area contributed by atoms with E-state index >= 15 is 0 Å². The van der Waals surface area contributed by atoms with Gasteiger partial charge in [0.25, 0.3) is 5.56 Å². The van der Waals surface area contributed by atoms with Gasteiger partial charge in [0.15, 0.2) is 0 Å². The molecule has 0 aliphatic rings. The summed E-state index contributed by atoms with van der Waals surface area (Å²) in [7, 11) is 0. The van der Waals surface area contributed by atoms with E-state index in [9.17, 15) is 4.79 Å². The molecule has 0 radical (unpaired) electrons. The van der Waals surface area contributed by atoms with E-state index in [1.165, 1.54) is 0 Å². The first kappa shape index (κ1) is 12.0. The van der Waals surface area contributed by atoms with Gasteiger partial charge in [-0.3, -0.25) is 14.3 Å². The lowest BCUT2D eigenvalue weighted by Crippen LogP contribution is -2.23. The third-order valence-corrected chi connectivity index (χ3v) is 3.35. The van der Waals surface area contributed by atoms with Crippen LogP contribution in [0.4, 0.5) is 0 Å². The molecule has 0 atom stereocenters. The van der Waals surface area contributed by atoms with Crippen LogP contribution >= 0.6 is 15.9 Å². The molecule has 0 saturated heterocycles. The fraction of sp³-hybridized carbons (Fsp3) is 0.250. The zero-order valence-electron chi connectivity index (χ0n) is 9.64. The number of hydrogen-bond donors (Lipinski definition) is 0. The van der Waals surface area contributed by atoms with Gasteiger partial charge in [-0.2, -0.15) is 0 Å². The first-order chi connectivity index (χ1) is 8.08. The molecule has 0 aliphatic carbocycles. The van der Waals surface area contributed by atoms with E-state index in [2.05, 4.69) is 25.9 Å². The van der Waals surface area contributed by atoms with Crippen molar-refractivity contribution in [2.45, 2.75) is 20.4 Å². The lowest BCUT2D eigenvalue weighted by atomic mass is 10.3. The Kier molecular flexibility index (Phi) is 3.38. The summed E-state index contributed by atoms with van der Waals surface area (Å²) in [6, 6.07) is 5.75. The average molecular weight is 294 g/mol. The van der Waals surface area contributed by atoms with Crippen molar-refractivity contribution in [1.29, 1.82) is 0 Å². The van der Waals surface area contributed by atoms with E-state index in [0.29, 0.717) is 16.7 Å². The maximum atomic E-state index is 11.9. The zero-order valence-corrected chi connectivity index (χ0v) is 11.2. The Balaban J connectivity index is 2.37. The van der Waals surface area contributed by atoms with Gasteiger partial charge in [0, 0.05) is 5.69 Å². The van der Waals surface area contributed by atoms with Crippen LogP contribution in [0.25, 0.3) is 0 Å². The number of nitrogens with zero attached hydrogens (tertiary/aromatic N) is 3. The smallest absolute Gasteiger partial charge is 0.268 e. The van der Waals surface area contributed by atoms with E-state index < -0.39 is 0 Å². The van der Waals surface area contributed by atoms with Gasteiger partial charge in [0.2, 0.25) is 0 Å². The van der Waals surface area contributed by atoms with Gasteiger partial charge < -0.3 is 0 Å². The zero-order chi connectivity index (χ0) is 12.4. The van der Waals surface area contributed by atoms with Crippen molar-refractivity contribution in [3.8, 4) is 0 Å². The normalized spacial score (nSPS) is 10.5. The third-order valence-electron chi connectivity index (χ3n) is 2.44. The topological polar surface area (TPSA) is 47.8 Å². The number of aromatic nitrogens is 3. The van der Waals surface area contributed by atoms with E-state index in [1.807, 2.05) is 25.1 Å². The van der Waals surface area contributed by atoms with Gasteiger partial charge in [-0.15, -0.1) is 0 Å². The summed E-state index contributed by atoms with van der Waals surface area (Å²) in [5, 5.41) is 0. The molecule has 88 valence electrons. The first-order valence-electron chi connectivity index (χ1n) is 5.22. The third kappa shape index (κ3) is 2.61. The molecule has 0 fully saturated rings. The molecule has 5 heteroatoms. The maximum absolute atomic E-state index is 11.9. The molecule has 0 spiro atoms. The average Bonchev–Trinajstić information content (AvgIpc) is 2.30. The summed E-state index contributed by atoms with van der Waals surface area (Å²) >= 11 is 3.24. The van der Waals surface area contributed by atoms with E-state index in [4.69, 9.17) is 0 Å². The molecule has 0 N–H and O–H groups in total. The highest BCUT2D eigenvalue weighted by Gasteiger charge is 2.06. The Morgan fingerprint density at radius 2 is 2.12 bits per heavy atom. The molecule has 2 aromatic rings. The second-order valence-corrected chi connectivity index (χ2v) is 4.64. The molecular weight excluding hydrogens is 282 g/mol. The number of rotatable bonds is 2. The highest BCUT2D eigenvalue weighted by atomic mass is 79.9. The second-order valence-electron chi connectivity index (χ2n) is 3.85. The van der Waals surface area contributed by atoms with Crippen molar-refractivity contribution in [2.75, 3.05) is 0 Å². The molecule has 2 aromatic heterocycles. The highest BCUT2D eigenvalue weighted by molar-refractivity contribution is 9.10. The monoisotopic (exact) mass is 293 g/mol. The Labute approximate surface area is 107 Å². The second kappa shape index (κ2) is 4.79. The van der Waals surface area contributed by atoms with Crippen molar-refractivity contribution in [3.05, 3.63) is 56.4 Å². The fourth-order valence-electron chi connectivity index (χ4n) is 1.52. The molecule has 0 amide bonds. The van der Waals surface area contributed by atoms with Crippen LogP contribution in [0.15, 0.2) is 33.8 Å². The molecule has 0 bridgehead atoms. The van der Waals surface area contributed by atoms with Gasteiger partial charge in [-0.25, -0.2) is 4.98 Å². The summed E-state index contributed by atoms with van der Waals surface area (Å²) < 4.78 is 2.05. The lowest BCUT2D eigenvalue weighted by molar-refractivity contribution is 0.706. The van der Waals surface area contributed by atoms with Gasteiger partial charge in [-0.1, -0.05) is 6.07 Å². The van der Waals surface area contributed by atoms with Gasteiger partial charge in [0.05, 0.1) is 24.3 Å². The quantitative estimate of drug-likeness (QED) is 0.852. The molecule has 0 aromatic carbocycles. The van der Waals surface area contributed by atoms with Crippen molar-refractivity contribution >= 4 is 15.9 Å². The van der Waals surface area contributed by atoms with Crippen molar-refractivity contribution in [3.63, 3.8) is 0 Å². The van der Waals surface area contributed by atoms with Crippen LogP contribution in [-0.4, -0.2) is 14.5 Å². The molecule has 2 rings (SSSR count). The molecule has 4 nitrogen and oxygen atoms in total. The minimum absolute atomic E-state index is 0.0826. The predicted molar refractivity (Wildman–Crippen MR) is 69.0 cm³/mol. The lowest BCUT2D eigenvalue weighted by Gasteiger charge is -2.06. The van der Waals surface area contributed by atoms with Crippen molar-refractivity contribution in [2.24, 2.45) is 0 Å². The standard InChI is InChI=1S/C12H12BrN3O/c1-8-4-3-5-10(15-8)6-16-7-14-9(2)11(13)12(16)17/h3-5,7H,6H2,1-2H3. The van der Waals surface area contributed by atoms with Crippen LogP contribution in [0.3, 0.4) is 0 Å². The van der Waals surface area contributed by atoms with Crippen LogP contribution < -0.4 is 5.56 Å². The van der Waals surface area contributed by atoms with E-state index in [-0.39, 0.29) is 5.56 Å². The van der Waals surface area contributed by atoms with Crippen LogP contribution in [0.1, 0.15) is 17.1 Å². The number of halogens is 1. The van der Waals surface area contributed by atoms with Gasteiger partial charge in [0.1, 0.15) is 4.47 Å². The predicted octanol–water partition coefficient (Wildman–Crippen LogP) is 2.07. The van der Waals surface area contributed by atoms with Crippen molar-refractivity contribution in [1.82, 2.24) is 14.5 Å². The van der Waals surface area contributed by atoms with Crippen LogP contribution in [0.5, 0.6) is 0 Å². The minimum Gasteiger partial charge on any atom is -0.292 e. The molecule has 0 aliphatic heterocycles. The van der Waals surface area contributed by atoms with Crippen LogP contribution in [0.2, 0.25) is 0 Å². The number of hydrogen-bond acceptors (Lipinski definition) is 3. The van der Waals surface area contributed by atoms with Crippen molar-refractivity contribution < 1.29 is 0 Å². The number of pyridine rings is 1. The molecule has 2 heterocycles. The molecule has 0 unspecified atom stereocenters. The molecule has 17 heavy (non-hydrogen) atoms. The summed E-state index contributed by atoms with van der Waals surface area (Å²) in [5.74, 6) is 0. The summed E-state index contributed by atoms with van der Waals surface area (Å²) in [4.78, 5) is 20.4. The first-order valence-corrected chi connectivity index (χ1v) is 6.01. The Morgan fingerprint density at radius 3 is 2.82 bits per heavy atom. The van der Waals surface area contributed by atoms with Gasteiger partial charge in [-0.05, 0) is 41.9 Å². The van der Waals surface area contributed by atoms with E-state index in [1.54, 1.807) is 17.8 Å². The maximum Gasteiger partial charge on any atom is 0.268 e. The molecular formula is C12H12BrN3O. The highest BCUT2D eigenvalue weighted by Crippen LogP contribution is 2.07. The summed E-state index contributed by atoms with van der Waals surface area (Å²) in [6.07, 6.45) is 1.55. The minimum atomic E-state index is -0.0826. The van der Waals surface area contributed by atoms with Crippen LogP contribution in [0, 0.1) is 13.8 Å². The Hall–Kier alpha value is -1.49. The van der Waals surface area contributed by atoms with Crippen LogP contribution in [-0.2, 0) is 6.54 Å². The fourth-order valence-corrected chi connectivity index (χ4v) is 1.85. The Bertz CT molecular complexity index is 607. The largest absolute Gasteiger partial charge is 0.292 e. The summed E-state index contributed by atoms with van der Waals surface area (Å²) in [5.41, 5.74) is 2.41. The molecule has 0 saturated carbocycles. The number of aryl methyl sites for hydroxylation is 2.